The lowest BCUT2D eigenvalue weighted by Gasteiger charge is -2.58. The Hall–Kier alpha value is -0.300. The molecule has 0 spiro atoms. The monoisotopic (exact) mass is 316 g/mol. The van der Waals surface area contributed by atoms with Crippen LogP contribution < -0.4 is 0 Å². The zero-order valence-electron chi connectivity index (χ0n) is 15.6. The second kappa shape index (κ2) is 5.35. The molecule has 0 amide bonds. The minimum absolute atomic E-state index is 0.119. The number of fused-ring (bicyclic) bond motifs is 5. The van der Waals surface area contributed by atoms with Crippen molar-refractivity contribution in [3.8, 4) is 0 Å². The van der Waals surface area contributed by atoms with Crippen LogP contribution in [0.1, 0.15) is 79.1 Å². The molecule has 1 N–H and O–H groups in total. The van der Waals surface area contributed by atoms with Gasteiger partial charge in [-0.2, -0.15) is 0 Å². The summed E-state index contributed by atoms with van der Waals surface area (Å²) >= 11 is 0. The van der Waals surface area contributed by atoms with Gasteiger partial charge in [-0.05, 0) is 98.7 Å². The Morgan fingerprint density at radius 3 is 2.57 bits per heavy atom. The summed E-state index contributed by atoms with van der Waals surface area (Å²) in [6.45, 7) is 9.57. The third-order valence-corrected chi connectivity index (χ3v) is 9.00. The molecule has 0 radical (unpaired) electrons. The van der Waals surface area contributed by atoms with Crippen molar-refractivity contribution >= 4 is 0 Å². The number of aliphatic hydroxyl groups is 1. The van der Waals surface area contributed by atoms with Gasteiger partial charge in [0.1, 0.15) is 0 Å². The standard InChI is InChI=1S/C22H36O/c1-14-9-11-21(3)16(13-14)5-6-17-19-8-7-18(15(2)23)22(19,4)12-10-20(17)21/h13-15,17-20,23H,5-12H2,1-4H3/t14?,15?,17?,18-,19?,20?,21+,22-/m1/s1. The summed E-state index contributed by atoms with van der Waals surface area (Å²) in [5.74, 6) is 4.06. The van der Waals surface area contributed by atoms with E-state index in [4.69, 9.17) is 0 Å². The SMILES string of the molecule is CC1C=C2CCC3C(CC[C@@]4(C)C3CC[C@@H]4C(C)O)[C@@]2(C)CC1. The van der Waals surface area contributed by atoms with Gasteiger partial charge in [-0.3, -0.25) is 0 Å². The van der Waals surface area contributed by atoms with Crippen LogP contribution in [0.2, 0.25) is 0 Å². The second-order valence-corrected chi connectivity index (χ2v) is 10.0. The molecule has 0 aliphatic heterocycles. The van der Waals surface area contributed by atoms with Crippen LogP contribution in [0.5, 0.6) is 0 Å². The Morgan fingerprint density at radius 1 is 1.04 bits per heavy atom. The third kappa shape index (κ3) is 2.21. The lowest BCUT2D eigenvalue weighted by molar-refractivity contribution is -0.0707. The Labute approximate surface area is 142 Å². The van der Waals surface area contributed by atoms with Crippen LogP contribution >= 0.6 is 0 Å². The fourth-order valence-electron chi connectivity index (χ4n) is 7.73. The van der Waals surface area contributed by atoms with Crippen molar-refractivity contribution in [2.75, 3.05) is 0 Å². The van der Waals surface area contributed by atoms with Gasteiger partial charge < -0.3 is 5.11 Å². The van der Waals surface area contributed by atoms with Crippen LogP contribution in [-0.2, 0) is 0 Å². The van der Waals surface area contributed by atoms with Gasteiger partial charge in [0, 0.05) is 0 Å². The van der Waals surface area contributed by atoms with Crippen LogP contribution in [0.4, 0.5) is 0 Å². The minimum Gasteiger partial charge on any atom is -0.393 e. The van der Waals surface area contributed by atoms with Gasteiger partial charge in [-0.25, -0.2) is 0 Å². The predicted molar refractivity (Wildman–Crippen MR) is 96.0 cm³/mol. The average molecular weight is 317 g/mol. The van der Waals surface area contributed by atoms with Gasteiger partial charge in [0.05, 0.1) is 6.10 Å². The van der Waals surface area contributed by atoms with E-state index in [2.05, 4.69) is 26.8 Å². The zero-order chi connectivity index (χ0) is 16.4. The van der Waals surface area contributed by atoms with E-state index in [0.717, 1.165) is 23.7 Å². The lowest BCUT2D eigenvalue weighted by Crippen LogP contribution is -2.51. The molecule has 3 saturated carbocycles. The molecule has 3 fully saturated rings. The van der Waals surface area contributed by atoms with Crippen molar-refractivity contribution in [1.82, 2.24) is 0 Å². The molecule has 0 heterocycles. The highest BCUT2D eigenvalue weighted by Gasteiger charge is 2.59. The molecule has 0 aromatic carbocycles. The molecule has 0 aromatic heterocycles. The first-order valence-corrected chi connectivity index (χ1v) is 10.3. The van der Waals surface area contributed by atoms with Crippen LogP contribution in [0.15, 0.2) is 11.6 Å². The van der Waals surface area contributed by atoms with Crippen molar-refractivity contribution in [3.63, 3.8) is 0 Å². The molecule has 4 aliphatic rings. The van der Waals surface area contributed by atoms with E-state index in [0.29, 0.717) is 16.7 Å². The van der Waals surface area contributed by atoms with Crippen molar-refractivity contribution in [3.05, 3.63) is 11.6 Å². The molecule has 8 atom stereocenters. The minimum atomic E-state index is -0.119. The molecule has 1 nitrogen and oxygen atoms in total. The van der Waals surface area contributed by atoms with E-state index in [-0.39, 0.29) is 6.10 Å². The molecule has 130 valence electrons. The quantitative estimate of drug-likeness (QED) is 0.626. The summed E-state index contributed by atoms with van der Waals surface area (Å²) in [5.41, 5.74) is 2.72. The fourth-order valence-corrected chi connectivity index (χ4v) is 7.73. The highest BCUT2D eigenvalue weighted by atomic mass is 16.3. The third-order valence-electron chi connectivity index (χ3n) is 9.00. The smallest absolute Gasteiger partial charge is 0.0545 e. The van der Waals surface area contributed by atoms with Gasteiger partial charge >= 0.3 is 0 Å². The maximum Gasteiger partial charge on any atom is 0.0545 e. The van der Waals surface area contributed by atoms with Gasteiger partial charge in [-0.1, -0.05) is 32.4 Å². The van der Waals surface area contributed by atoms with Crippen LogP contribution in [0, 0.1) is 40.4 Å². The summed E-state index contributed by atoms with van der Waals surface area (Å²) in [4.78, 5) is 0. The molecular weight excluding hydrogens is 280 g/mol. The van der Waals surface area contributed by atoms with E-state index in [1.165, 1.54) is 51.4 Å². The lowest BCUT2D eigenvalue weighted by atomic mass is 9.46. The number of aliphatic hydroxyl groups excluding tert-OH is 1. The number of hydrogen-bond acceptors (Lipinski definition) is 1. The summed E-state index contributed by atoms with van der Waals surface area (Å²) in [5, 5.41) is 10.3. The van der Waals surface area contributed by atoms with E-state index < -0.39 is 0 Å². The summed E-state index contributed by atoms with van der Waals surface area (Å²) < 4.78 is 0. The predicted octanol–water partition coefficient (Wildman–Crippen LogP) is 5.58. The topological polar surface area (TPSA) is 20.2 Å². The highest BCUT2D eigenvalue weighted by molar-refractivity contribution is 5.24. The first-order valence-electron chi connectivity index (χ1n) is 10.3. The molecule has 0 saturated heterocycles. The molecule has 23 heavy (non-hydrogen) atoms. The summed E-state index contributed by atoms with van der Waals surface area (Å²) in [6, 6.07) is 0. The van der Waals surface area contributed by atoms with Gasteiger partial charge in [0.2, 0.25) is 0 Å². The first kappa shape index (κ1) is 16.2. The van der Waals surface area contributed by atoms with E-state index in [1.807, 2.05) is 12.5 Å². The number of hydrogen-bond donors (Lipinski definition) is 1. The Bertz CT molecular complexity index is 506. The van der Waals surface area contributed by atoms with Crippen LogP contribution in [0.3, 0.4) is 0 Å². The first-order chi connectivity index (χ1) is 10.9. The molecule has 1 heteroatoms. The van der Waals surface area contributed by atoms with E-state index in [9.17, 15) is 5.11 Å². The summed E-state index contributed by atoms with van der Waals surface area (Å²) in [7, 11) is 0. The van der Waals surface area contributed by atoms with Crippen molar-refractivity contribution in [2.45, 2.75) is 85.2 Å². The van der Waals surface area contributed by atoms with Crippen molar-refractivity contribution in [2.24, 2.45) is 40.4 Å². The normalized spacial score (nSPS) is 53.8. The Balaban J connectivity index is 1.64. The maximum absolute atomic E-state index is 10.3. The Kier molecular flexibility index (Phi) is 3.76. The molecule has 5 unspecified atom stereocenters. The van der Waals surface area contributed by atoms with Crippen LogP contribution in [0.25, 0.3) is 0 Å². The van der Waals surface area contributed by atoms with E-state index >= 15 is 0 Å². The largest absolute Gasteiger partial charge is 0.393 e. The average Bonchev–Trinajstić information content (AvgIpc) is 2.85. The molecule has 0 aromatic rings. The molecule has 4 aliphatic carbocycles. The van der Waals surface area contributed by atoms with E-state index in [1.54, 1.807) is 0 Å². The van der Waals surface area contributed by atoms with Gasteiger partial charge in [-0.15, -0.1) is 0 Å². The zero-order valence-corrected chi connectivity index (χ0v) is 15.6. The Morgan fingerprint density at radius 2 is 1.83 bits per heavy atom. The molecule has 4 rings (SSSR count). The number of rotatable bonds is 1. The summed E-state index contributed by atoms with van der Waals surface area (Å²) in [6.07, 6.45) is 13.5. The van der Waals surface area contributed by atoms with Gasteiger partial charge in [0.15, 0.2) is 0 Å². The molecule has 0 bridgehead atoms. The van der Waals surface area contributed by atoms with Crippen LogP contribution in [-0.4, -0.2) is 11.2 Å². The maximum atomic E-state index is 10.3. The second-order valence-electron chi connectivity index (χ2n) is 10.0. The van der Waals surface area contributed by atoms with Crippen molar-refractivity contribution in [1.29, 1.82) is 0 Å². The fraction of sp³-hybridized carbons (Fsp3) is 0.909. The van der Waals surface area contributed by atoms with Gasteiger partial charge in [0.25, 0.3) is 0 Å². The number of allylic oxidation sites excluding steroid dienone is 2. The highest BCUT2D eigenvalue weighted by Crippen LogP contribution is 2.67. The molecular formula is C22H36O. The van der Waals surface area contributed by atoms with Crippen molar-refractivity contribution < 1.29 is 5.11 Å².